The quantitative estimate of drug-likeness (QED) is 0.780. The number of nitrogens with zero attached hydrogens (tertiary/aromatic N) is 1. The van der Waals surface area contributed by atoms with E-state index in [1.165, 1.54) is 17.5 Å². The standard InChI is InChI=1S/C15H24N2O/c16-8-4-3-6-14-5-1-2-7-15(14)13-17-9-11-18-12-10-17/h1-2,5,7H,3-4,6,8-13,16H2. The second-order valence-corrected chi connectivity index (χ2v) is 4.90. The van der Waals surface area contributed by atoms with Crippen molar-refractivity contribution in [3.8, 4) is 0 Å². The van der Waals surface area contributed by atoms with Crippen molar-refractivity contribution in [2.75, 3.05) is 32.8 Å². The van der Waals surface area contributed by atoms with E-state index in [1.807, 2.05) is 0 Å². The van der Waals surface area contributed by atoms with Crippen molar-refractivity contribution >= 4 is 0 Å². The summed E-state index contributed by atoms with van der Waals surface area (Å²) in [4.78, 5) is 2.48. The van der Waals surface area contributed by atoms with Crippen LogP contribution in [-0.4, -0.2) is 37.7 Å². The predicted octanol–water partition coefficient (Wildman–Crippen LogP) is 1.80. The lowest BCUT2D eigenvalue weighted by Gasteiger charge is -2.27. The number of nitrogens with two attached hydrogens (primary N) is 1. The molecule has 0 bridgehead atoms. The van der Waals surface area contributed by atoms with Crippen LogP contribution in [-0.2, 0) is 17.7 Å². The first-order valence-electron chi connectivity index (χ1n) is 6.97. The first-order chi connectivity index (χ1) is 8.90. The molecule has 18 heavy (non-hydrogen) atoms. The van der Waals surface area contributed by atoms with Gasteiger partial charge in [0.05, 0.1) is 13.2 Å². The molecular weight excluding hydrogens is 224 g/mol. The smallest absolute Gasteiger partial charge is 0.0594 e. The average molecular weight is 248 g/mol. The number of hydrogen-bond acceptors (Lipinski definition) is 3. The summed E-state index contributed by atoms with van der Waals surface area (Å²) in [5.74, 6) is 0. The summed E-state index contributed by atoms with van der Waals surface area (Å²) >= 11 is 0. The van der Waals surface area contributed by atoms with Crippen LogP contribution in [0.25, 0.3) is 0 Å². The number of unbranched alkanes of at least 4 members (excludes halogenated alkanes) is 1. The Morgan fingerprint density at radius 1 is 1.06 bits per heavy atom. The molecule has 0 atom stereocenters. The van der Waals surface area contributed by atoms with Gasteiger partial charge in [0, 0.05) is 19.6 Å². The molecule has 3 heteroatoms. The van der Waals surface area contributed by atoms with Gasteiger partial charge in [-0.3, -0.25) is 4.90 Å². The number of rotatable bonds is 6. The van der Waals surface area contributed by atoms with Crippen LogP contribution >= 0.6 is 0 Å². The van der Waals surface area contributed by atoms with Crippen molar-refractivity contribution in [2.45, 2.75) is 25.8 Å². The predicted molar refractivity (Wildman–Crippen MR) is 74.5 cm³/mol. The highest BCUT2D eigenvalue weighted by Gasteiger charge is 2.12. The molecule has 0 aromatic heterocycles. The summed E-state index contributed by atoms with van der Waals surface area (Å²) in [6.07, 6.45) is 3.46. The molecule has 1 aliphatic rings. The molecule has 0 saturated carbocycles. The van der Waals surface area contributed by atoms with Gasteiger partial charge in [-0.15, -0.1) is 0 Å². The highest BCUT2D eigenvalue weighted by atomic mass is 16.5. The van der Waals surface area contributed by atoms with Gasteiger partial charge in [0.15, 0.2) is 0 Å². The van der Waals surface area contributed by atoms with Gasteiger partial charge >= 0.3 is 0 Å². The lowest BCUT2D eigenvalue weighted by molar-refractivity contribution is 0.0341. The molecule has 0 spiro atoms. The highest BCUT2D eigenvalue weighted by Crippen LogP contribution is 2.15. The monoisotopic (exact) mass is 248 g/mol. The summed E-state index contributed by atoms with van der Waals surface area (Å²) in [5, 5.41) is 0. The van der Waals surface area contributed by atoms with E-state index in [2.05, 4.69) is 29.2 Å². The fraction of sp³-hybridized carbons (Fsp3) is 0.600. The number of aryl methyl sites for hydroxylation is 1. The largest absolute Gasteiger partial charge is 0.379 e. The van der Waals surface area contributed by atoms with Crippen molar-refractivity contribution in [3.63, 3.8) is 0 Å². The van der Waals surface area contributed by atoms with E-state index in [0.29, 0.717) is 0 Å². The summed E-state index contributed by atoms with van der Waals surface area (Å²) in [6.45, 7) is 5.70. The van der Waals surface area contributed by atoms with Crippen LogP contribution in [0.15, 0.2) is 24.3 Å². The van der Waals surface area contributed by atoms with E-state index in [9.17, 15) is 0 Å². The van der Waals surface area contributed by atoms with E-state index < -0.39 is 0 Å². The fourth-order valence-corrected chi connectivity index (χ4v) is 2.42. The minimum absolute atomic E-state index is 0.797. The average Bonchev–Trinajstić information content (AvgIpc) is 2.42. The van der Waals surface area contributed by atoms with Gasteiger partial charge in [0.1, 0.15) is 0 Å². The molecule has 1 saturated heterocycles. The van der Waals surface area contributed by atoms with Gasteiger partial charge in [-0.25, -0.2) is 0 Å². The van der Waals surface area contributed by atoms with Gasteiger partial charge < -0.3 is 10.5 Å². The molecule has 1 heterocycles. The van der Waals surface area contributed by atoms with Gasteiger partial charge in [-0.2, -0.15) is 0 Å². The maximum atomic E-state index is 5.56. The van der Waals surface area contributed by atoms with Crippen LogP contribution < -0.4 is 5.73 Å². The molecule has 0 unspecified atom stereocenters. The number of benzene rings is 1. The van der Waals surface area contributed by atoms with E-state index in [-0.39, 0.29) is 0 Å². The minimum Gasteiger partial charge on any atom is -0.379 e. The van der Waals surface area contributed by atoms with E-state index in [1.54, 1.807) is 0 Å². The molecule has 0 amide bonds. The SMILES string of the molecule is NCCCCc1ccccc1CN1CCOCC1. The van der Waals surface area contributed by atoms with Crippen molar-refractivity contribution < 1.29 is 4.74 Å². The van der Waals surface area contributed by atoms with Crippen molar-refractivity contribution in [1.82, 2.24) is 4.90 Å². The zero-order valence-corrected chi connectivity index (χ0v) is 11.1. The molecule has 0 aliphatic carbocycles. The maximum absolute atomic E-state index is 5.56. The third kappa shape index (κ3) is 4.09. The first-order valence-corrected chi connectivity index (χ1v) is 6.97. The van der Waals surface area contributed by atoms with Crippen LogP contribution in [0.1, 0.15) is 24.0 Å². The number of morpholine rings is 1. The molecule has 3 nitrogen and oxygen atoms in total. The molecule has 2 rings (SSSR count). The Labute approximate surface area is 110 Å². The second-order valence-electron chi connectivity index (χ2n) is 4.90. The first kappa shape index (κ1) is 13.5. The Morgan fingerprint density at radius 3 is 2.50 bits per heavy atom. The Hall–Kier alpha value is -0.900. The summed E-state index contributed by atoms with van der Waals surface area (Å²) in [5.41, 5.74) is 8.51. The highest BCUT2D eigenvalue weighted by molar-refractivity contribution is 5.27. The second kappa shape index (κ2) is 7.52. The van der Waals surface area contributed by atoms with E-state index in [4.69, 9.17) is 10.5 Å². The Bertz CT molecular complexity index is 348. The zero-order valence-electron chi connectivity index (χ0n) is 11.1. The Balaban J connectivity index is 1.93. The normalized spacial score (nSPS) is 16.9. The number of ether oxygens (including phenoxy) is 1. The molecular formula is C15H24N2O. The summed E-state index contributed by atoms with van der Waals surface area (Å²) < 4.78 is 5.39. The van der Waals surface area contributed by atoms with Crippen LogP contribution in [0.2, 0.25) is 0 Å². The van der Waals surface area contributed by atoms with Gasteiger partial charge in [0.2, 0.25) is 0 Å². The molecule has 1 aliphatic heterocycles. The summed E-state index contributed by atoms with van der Waals surface area (Å²) in [6, 6.07) is 8.79. The zero-order chi connectivity index (χ0) is 12.6. The summed E-state index contributed by atoms with van der Waals surface area (Å²) in [7, 11) is 0. The molecule has 2 N–H and O–H groups in total. The molecule has 1 aromatic carbocycles. The van der Waals surface area contributed by atoms with Gasteiger partial charge in [0.25, 0.3) is 0 Å². The minimum atomic E-state index is 0.797. The van der Waals surface area contributed by atoms with E-state index >= 15 is 0 Å². The van der Waals surface area contributed by atoms with Crippen molar-refractivity contribution in [3.05, 3.63) is 35.4 Å². The molecule has 1 aromatic rings. The topological polar surface area (TPSA) is 38.5 Å². The Morgan fingerprint density at radius 2 is 1.78 bits per heavy atom. The van der Waals surface area contributed by atoms with E-state index in [0.717, 1.165) is 52.2 Å². The molecule has 100 valence electrons. The van der Waals surface area contributed by atoms with Gasteiger partial charge in [-0.1, -0.05) is 24.3 Å². The number of hydrogen-bond donors (Lipinski definition) is 1. The Kier molecular flexibility index (Phi) is 5.65. The third-order valence-corrected chi connectivity index (χ3v) is 3.52. The van der Waals surface area contributed by atoms with Crippen molar-refractivity contribution in [1.29, 1.82) is 0 Å². The lowest BCUT2D eigenvalue weighted by atomic mass is 10.0. The molecule has 0 radical (unpaired) electrons. The fourth-order valence-electron chi connectivity index (χ4n) is 2.42. The van der Waals surface area contributed by atoms with Crippen molar-refractivity contribution in [2.24, 2.45) is 5.73 Å². The van der Waals surface area contributed by atoms with Crippen LogP contribution in [0.5, 0.6) is 0 Å². The lowest BCUT2D eigenvalue weighted by Crippen LogP contribution is -2.35. The van der Waals surface area contributed by atoms with Crippen LogP contribution in [0, 0.1) is 0 Å². The van der Waals surface area contributed by atoms with Crippen LogP contribution in [0.3, 0.4) is 0 Å². The molecule has 1 fully saturated rings. The maximum Gasteiger partial charge on any atom is 0.0594 e. The van der Waals surface area contributed by atoms with Gasteiger partial charge in [-0.05, 0) is 36.9 Å². The van der Waals surface area contributed by atoms with Crippen LogP contribution in [0.4, 0.5) is 0 Å². The third-order valence-electron chi connectivity index (χ3n) is 3.52.